The second-order valence-electron chi connectivity index (χ2n) is 4.05. The third-order valence-corrected chi connectivity index (χ3v) is 2.69. The second-order valence-corrected chi connectivity index (χ2v) is 4.46. The molecule has 7 heteroatoms. The van der Waals surface area contributed by atoms with Gasteiger partial charge in [0.15, 0.2) is 16.6 Å². The van der Waals surface area contributed by atoms with Gasteiger partial charge in [0.1, 0.15) is 5.82 Å². The fraction of sp³-hybridized carbons (Fsp3) is 0. The molecule has 0 fully saturated rings. The van der Waals surface area contributed by atoms with Gasteiger partial charge in [-0.15, -0.1) is 0 Å². The molecule has 0 saturated heterocycles. The molecule has 108 valence electrons. The molecule has 21 heavy (non-hydrogen) atoms. The summed E-state index contributed by atoms with van der Waals surface area (Å²) in [6.07, 6.45) is 1.40. The minimum Gasteiger partial charge on any atom is -0.504 e. The van der Waals surface area contributed by atoms with Crippen LogP contribution in [0.4, 0.5) is 10.1 Å². The van der Waals surface area contributed by atoms with Crippen LogP contribution in [0.3, 0.4) is 0 Å². The molecule has 0 saturated carbocycles. The van der Waals surface area contributed by atoms with Gasteiger partial charge in [0, 0.05) is 0 Å². The number of hydrogen-bond donors (Lipinski definition) is 4. The largest absolute Gasteiger partial charge is 0.504 e. The SMILES string of the molecule is Oc1ccc(/C=N/NC(=S)Nc2ccccc2F)cc1O. The van der Waals surface area contributed by atoms with Gasteiger partial charge < -0.3 is 15.5 Å². The Labute approximate surface area is 125 Å². The number of hydrogen-bond acceptors (Lipinski definition) is 4. The zero-order chi connectivity index (χ0) is 15.2. The molecule has 0 amide bonds. The highest BCUT2D eigenvalue weighted by molar-refractivity contribution is 7.80. The maximum Gasteiger partial charge on any atom is 0.191 e. The molecule has 2 aromatic carbocycles. The summed E-state index contributed by atoms with van der Waals surface area (Å²) in [5.74, 6) is -0.878. The summed E-state index contributed by atoms with van der Waals surface area (Å²) < 4.78 is 13.4. The molecule has 0 spiro atoms. The minimum atomic E-state index is -0.422. The van der Waals surface area contributed by atoms with Gasteiger partial charge >= 0.3 is 0 Å². The Bertz CT molecular complexity index is 692. The number of anilines is 1. The van der Waals surface area contributed by atoms with Gasteiger partial charge in [0.25, 0.3) is 0 Å². The van der Waals surface area contributed by atoms with E-state index in [1.807, 2.05) is 0 Å². The van der Waals surface area contributed by atoms with Crippen LogP contribution in [0.25, 0.3) is 0 Å². The molecule has 0 heterocycles. The van der Waals surface area contributed by atoms with Crippen LogP contribution >= 0.6 is 12.2 Å². The first-order valence-corrected chi connectivity index (χ1v) is 6.33. The molecule has 4 N–H and O–H groups in total. The van der Waals surface area contributed by atoms with Gasteiger partial charge in [-0.1, -0.05) is 12.1 Å². The van der Waals surface area contributed by atoms with E-state index >= 15 is 0 Å². The van der Waals surface area contributed by atoms with Crippen LogP contribution in [-0.2, 0) is 0 Å². The van der Waals surface area contributed by atoms with Gasteiger partial charge in [-0.25, -0.2) is 4.39 Å². The molecule has 5 nitrogen and oxygen atoms in total. The highest BCUT2D eigenvalue weighted by atomic mass is 32.1. The number of rotatable bonds is 3. The fourth-order valence-electron chi connectivity index (χ4n) is 1.50. The Balaban J connectivity index is 1.93. The lowest BCUT2D eigenvalue weighted by molar-refractivity contribution is 0.403. The highest BCUT2D eigenvalue weighted by Crippen LogP contribution is 2.23. The van der Waals surface area contributed by atoms with E-state index in [1.165, 1.54) is 24.4 Å². The van der Waals surface area contributed by atoms with Crippen LogP contribution in [0, 0.1) is 5.82 Å². The van der Waals surface area contributed by atoms with Gasteiger partial charge in [0.05, 0.1) is 11.9 Å². The first-order chi connectivity index (χ1) is 10.1. The predicted molar refractivity (Wildman–Crippen MR) is 83.1 cm³/mol. The van der Waals surface area contributed by atoms with Crippen LogP contribution in [0.2, 0.25) is 0 Å². The normalized spacial score (nSPS) is 10.5. The van der Waals surface area contributed by atoms with Crippen molar-refractivity contribution in [2.45, 2.75) is 0 Å². The van der Waals surface area contributed by atoms with E-state index < -0.39 is 5.82 Å². The maximum absolute atomic E-state index is 13.4. The lowest BCUT2D eigenvalue weighted by Crippen LogP contribution is -2.24. The molecular weight excluding hydrogens is 293 g/mol. The van der Waals surface area contributed by atoms with Gasteiger partial charge in [-0.2, -0.15) is 5.10 Å². The molecule has 0 unspecified atom stereocenters. The van der Waals surface area contributed by atoms with Crippen LogP contribution < -0.4 is 10.7 Å². The van der Waals surface area contributed by atoms with Gasteiger partial charge in [-0.3, -0.25) is 5.43 Å². The molecule has 0 aliphatic rings. The molecular formula is C14H12FN3O2S. The van der Waals surface area contributed by atoms with Crippen LogP contribution in [0.5, 0.6) is 11.5 Å². The standard InChI is InChI=1S/C14H12FN3O2S/c15-10-3-1-2-4-11(10)17-14(21)18-16-8-9-5-6-12(19)13(20)7-9/h1-8,19-20H,(H2,17,18,21)/b16-8+. The Hall–Kier alpha value is -2.67. The summed E-state index contributed by atoms with van der Waals surface area (Å²) in [6.45, 7) is 0. The molecule has 0 radical (unpaired) electrons. The lowest BCUT2D eigenvalue weighted by atomic mass is 10.2. The monoisotopic (exact) mass is 305 g/mol. The van der Waals surface area contributed by atoms with Gasteiger partial charge in [-0.05, 0) is 48.1 Å². The van der Waals surface area contributed by atoms with Crippen molar-refractivity contribution in [2.24, 2.45) is 5.10 Å². The van der Waals surface area contributed by atoms with Crippen molar-refractivity contribution in [1.82, 2.24) is 5.43 Å². The van der Waals surface area contributed by atoms with Crippen molar-refractivity contribution < 1.29 is 14.6 Å². The third kappa shape index (κ3) is 4.15. The molecule has 0 atom stereocenters. The van der Waals surface area contributed by atoms with E-state index in [0.29, 0.717) is 5.56 Å². The summed E-state index contributed by atoms with van der Waals surface area (Å²) in [7, 11) is 0. The number of hydrazone groups is 1. The summed E-state index contributed by atoms with van der Waals surface area (Å²) in [5.41, 5.74) is 3.32. The summed E-state index contributed by atoms with van der Waals surface area (Å²) >= 11 is 4.97. The Morgan fingerprint density at radius 1 is 1.14 bits per heavy atom. The van der Waals surface area contributed by atoms with Crippen molar-refractivity contribution in [3.63, 3.8) is 0 Å². The zero-order valence-electron chi connectivity index (χ0n) is 10.7. The third-order valence-electron chi connectivity index (χ3n) is 2.50. The number of phenols is 2. The van der Waals surface area contributed by atoms with Crippen molar-refractivity contribution in [1.29, 1.82) is 0 Å². The smallest absolute Gasteiger partial charge is 0.191 e. The quantitative estimate of drug-likeness (QED) is 0.303. The minimum absolute atomic E-state index is 0.124. The number of nitrogens with zero attached hydrogens (tertiary/aromatic N) is 1. The number of benzene rings is 2. The first kappa shape index (κ1) is 14.7. The maximum atomic E-state index is 13.4. The second kappa shape index (κ2) is 6.67. The zero-order valence-corrected chi connectivity index (χ0v) is 11.6. The summed E-state index contributed by atoms with van der Waals surface area (Å²) in [6, 6.07) is 10.4. The number of nitrogens with one attached hydrogen (secondary N) is 2. The topological polar surface area (TPSA) is 76.9 Å². The molecule has 2 aromatic rings. The van der Waals surface area contributed by atoms with Gasteiger partial charge in [0.2, 0.25) is 0 Å². The average Bonchev–Trinajstić information content (AvgIpc) is 2.45. The van der Waals surface area contributed by atoms with E-state index in [9.17, 15) is 14.6 Å². The summed E-state index contributed by atoms with van der Waals surface area (Å²) in [5, 5.41) is 25.1. The number of para-hydroxylation sites is 1. The van der Waals surface area contributed by atoms with E-state index in [1.54, 1.807) is 24.3 Å². The Morgan fingerprint density at radius 3 is 2.62 bits per heavy atom. The van der Waals surface area contributed by atoms with E-state index in [-0.39, 0.29) is 22.3 Å². The van der Waals surface area contributed by atoms with Crippen molar-refractivity contribution in [3.8, 4) is 11.5 Å². The number of aromatic hydroxyl groups is 2. The number of thiocarbonyl (C=S) groups is 1. The van der Waals surface area contributed by atoms with Crippen molar-refractivity contribution >= 4 is 29.2 Å². The van der Waals surface area contributed by atoms with E-state index in [2.05, 4.69) is 15.8 Å². The van der Waals surface area contributed by atoms with Crippen LogP contribution in [-0.4, -0.2) is 21.5 Å². The average molecular weight is 305 g/mol. The molecule has 0 aliphatic carbocycles. The van der Waals surface area contributed by atoms with Crippen LogP contribution in [0.15, 0.2) is 47.6 Å². The Kier molecular flexibility index (Phi) is 4.68. The molecule has 2 rings (SSSR count). The highest BCUT2D eigenvalue weighted by Gasteiger charge is 2.02. The first-order valence-electron chi connectivity index (χ1n) is 5.93. The Morgan fingerprint density at radius 2 is 1.90 bits per heavy atom. The molecule has 0 aliphatic heterocycles. The lowest BCUT2D eigenvalue weighted by Gasteiger charge is -2.07. The predicted octanol–water partition coefficient (Wildman–Crippen LogP) is 2.56. The molecule has 0 aromatic heterocycles. The van der Waals surface area contributed by atoms with E-state index in [4.69, 9.17) is 12.2 Å². The van der Waals surface area contributed by atoms with Crippen molar-refractivity contribution in [2.75, 3.05) is 5.32 Å². The molecule has 0 bridgehead atoms. The van der Waals surface area contributed by atoms with E-state index in [0.717, 1.165) is 0 Å². The number of halogens is 1. The fourth-order valence-corrected chi connectivity index (χ4v) is 1.66. The van der Waals surface area contributed by atoms with Crippen LogP contribution in [0.1, 0.15) is 5.56 Å². The van der Waals surface area contributed by atoms with Crippen molar-refractivity contribution in [3.05, 3.63) is 53.8 Å². The summed E-state index contributed by atoms with van der Waals surface area (Å²) in [4.78, 5) is 0. The number of phenolic OH excluding ortho intramolecular Hbond substituents is 2.